The first-order chi connectivity index (χ1) is 14.9. The molecule has 0 saturated heterocycles. The summed E-state index contributed by atoms with van der Waals surface area (Å²) in [5.41, 5.74) is 2.12. The number of aromatic hydroxyl groups is 1. The lowest BCUT2D eigenvalue weighted by Gasteiger charge is -2.27. The third kappa shape index (κ3) is 4.83. The Labute approximate surface area is 193 Å². The van der Waals surface area contributed by atoms with Gasteiger partial charge in [-0.15, -0.1) is 0 Å². The highest BCUT2D eigenvalue weighted by Gasteiger charge is 2.40. The van der Waals surface area contributed by atoms with Gasteiger partial charge in [0.25, 0.3) is 5.91 Å². The molecular weight excluding hydrogens is 433 g/mol. The monoisotopic (exact) mass is 459 g/mol. The lowest BCUT2D eigenvalue weighted by molar-refractivity contribution is -0.115. The molecule has 4 rings (SSSR count). The molecule has 7 heteroatoms. The standard InChI is InChI=1S/C24H27Cl2N3O2/c1-15-22(24(31)27-18-6-4-2-3-5-7-18)28-29(21-13-10-17(25)14-20(21)26)23(15)16-8-11-19(30)12-9-16/h8-15,18,23,30H,2-7H2,1H3,(H,27,31). The molecule has 0 bridgehead atoms. The van der Waals surface area contributed by atoms with Crippen molar-refractivity contribution in [2.24, 2.45) is 11.0 Å². The molecule has 2 aromatic rings. The second kappa shape index (κ2) is 9.49. The van der Waals surface area contributed by atoms with E-state index in [0.29, 0.717) is 21.4 Å². The second-order valence-corrected chi connectivity index (χ2v) is 9.26. The van der Waals surface area contributed by atoms with Gasteiger partial charge in [0.1, 0.15) is 11.5 Å². The first kappa shape index (κ1) is 22.0. The van der Waals surface area contributed by atoms with Crippen LogP contribution in [-0.4, -0.2) is 22.8 Å². The third-order valence-electron chi connectivity index (χ3n) is 6.20. The van der Waals surface area contributed by atoms with E-state index in [0.717, 1.165) is 31.2 Å². The number of benzene rings is 2. The van der Waals surface area contributed by atoms with E-state index in [4.69, 9.17) is 28.3 Å². The normalized spacial score (nSPS) is 22.2. The van der Waals surface area contributed by atoms with E-state index in [1.165, 1.54) is 12.8 Å². The van der Waals surface area contributed by atoms with Crippen LogP contribution in [0.25, 0.3) is 0 Å². The van der Waals surface area contributed by atoms with Crippen LogP contribution in [0.3, 0.4) is 0 Å². The van der Waals surface area contributed by atoms with Crippen molar-refractivity contribution in [3.05, 3.63) is 58.1 Å². The molecule has 2 aliphatic rings. The lowest BCUT2D eigenvalue weighted by Crippen LogP contribution is -2.40. The Morgan fingerprint density at radius 1 is 1.06 bits per heavy atom. The maximum atomic E-state index is 13.2. The fraction of sp³-hybridized carbons (Fsp3) is 0.417. The Kier molecular flexibility index (Phi) is 6.73. The zero-order valence-corrected chi connectivity index (χ0v) is 19.0. The Morgan fingerprint density at radius 2 is 1.74 bits per heavy atom. The number of nitrogens with zero attached hydrogens (tertiary/aromatic N) is 2. The molecule has 1 amide bonds. The number of amides is 1. The van der Waals surface area contributed by atoms with Gasteiger partial charge in [-0.2, -0.15) is 5.10 Å². The number of anilines is 1. The number of phenols is 1. The predicted octanol–water partition coefficient (Wildman–Crippen LogP) is 6.09. The van der Waals surface area contributed by atoms with E-state index in [2.05, 4.69) is 5.32 Å². The number of halogens is 2. The highest BCUT2D eigenvalue weighted by Crippen LogP contribution is 2.42. The Bertz CT molecular complexity index is 969. The van der Waals surface area contributed by atoms with Crippen molar-refractivity contribution in [2.75, 3.05) is 5.01 Å². The van der Waals surface area contributed by atoms with Crippen LogP contribution in [0, 0.1) is 5.92 Å². The van der Waals surface area contributed by atoms with Crippen molar-refractivity contribution >= 4 is 40.5 Å². The summed E-state index contributed by atoms with van der Waals surface area (Å²) in [6.45, 7) is 2.01. The van der Waals surface area contributed by atoms with Gasteiger partial charge in [-0.3, -0.25) is 9.80 Å². The van der Waals surface area contributed by atoms with Crippen LogP contribution in [0.4, 0.5) is 5.69 Å². The molecule has 0 spiro atoms. The summed E-state index contributed by atoms with van der Waals surface area (Å²) < 4.78 is 0. The van der Waals surface area contributed by atoms with E-state index in [1.807, 2.05) is 25.1 Å². The largest absolute Gasteiger partial charge is 0.508 e. The zero-order chi connectivity index (χ0) is 22.0. The van der Waals surface area contributed by atoms with Crippen LogP contribution in [0.15, 0.2) is 47.6 Å². The van der Waals surface area contributed by atoms with E-state index in [-0.39, 0.29) is 29.7 Å². The molecule has 1 aliphatic heterocycles. The second-order valence-electron chi connectivity index (χ2n) is 8.41. The molecule has 2 N–H and O–H groups in total. The number of hydrogen-bond acceptors (Lipinski definition) is 4. The smallest absolute Gasteiger partial charge is 0.268 e. The van der Waals surface area contributed by atoms with Crippen LogP contribution in [0.5, 0.6) is 5.75 Å². The minimum Gasteiger partial charge on any atom is -0.508 e. The quantitative estimate of drug-likeness (QED) is 0.543. The molecule has 1 heterocycles. The minimum absolute atomic E-state index is 0.115. The molecule has 164 valence electrons. The summed E-state index contributed by atoms with van der Waals surface area (Å²) in [6.07, 6.45) is 6.79. The molecule has 2 unspecified atom stereocenters. The van der Waals surface area contributed by atoms with Crippen molar-refractivity contribution in [3.63, 3.8) is 0 Å². The molecule has 2 aromatic carbocycles. The topological polar surface area (TPSA) is 64.9 Å². The highest BCUT2D eigenvalue weighted by molar-refractivity contribution is 6.41. The van der Waals surface area contributed by atoms with Gasteiger partial charge in [-0.1, -0.05) is 67.9 Å². The molecular formula is C24H27Cl2N3O2. The molecule has 0 radical (unpaired) electrons. The van der Waals surface area contributed by atoms with Gasteiger partial charge in [-0.05, 0) is 48.7 Å². The van der Waals surface area contributed by atoms with Crippen molar-refractivity contribution in [2.45, 2.75) is 57.5 Å². The van der Waals surface area contributed by atoms with Gasteiger partial charge in [-0.25, -0.2) is 0 Å². The van der Waals surface area contributed by atoms with Gasteiger partial charge in [0.2, 0.25) is 0 Å². The Morgan fingerprint density at radius 3 is 2.39 bits per heavy atom. The lowest BCUT2D eigenvalue weighted by atomic mass is 9.90. The molecule has 2 atom stereocenters. The number of carbonyl (C=O) groups is 1. The van der Waals surface area contributed by atoms with Gasteiger partial charge >= 0.3 is 0 Å². The number of rotatable bonds is 4. The number of hydrogen-bond donors (Lipinski definition) is 2. The molecule has 1 aliphatic carbocycles. The number of carbonyl (C=O) groups excluding carboxylic acids is 1. The van der Waals surface area contributed by atoms with Crippen LogP contribution in [0.1, 0.15) is 57.1 Å². The SMILES string of the molecule is CC1C(C(=O)NC2CCCCCC2)=NN(c2ccc(Cl)cc2Cl)C1c1ccc(O)cc1. The fourth-order valence-corrected chi connectivity index (χ4v) is 5.03. The summed E-state index contributed by atoms with van der Waals surface area (Å²) in [5.74, 6) is -0.0875. The average molecular weight is 460 g/mol. The number of phenolic OH excluding ortho intramolecular Hbond substituents is 1. The molecule has 31 heavy (non-hydrogen) atoms. The zero-order valence-electron chi connectivity index (χ0n) is 17.5. The van der Waals surface area contributed by atoms with Gasteiger partial charge in [0.05, 0.1) is 16.8 Å². The number of nitrogens with one attached hydrogen (secondary N) is 1. The summed E-state index contributed by atoms with van der Waals surface area (Å²) in [5, 5.41) is 20.5. The van der Waals surface area contributed by atoms with Crippen molar-refractivity contribution < 1.29 is 9.90 Å². The van der Waals surface area contributed by atoms with Gasteiger partial charge < -0.3 is 10.4 Å². The summed E-state index contributed by atoms with van der Waals surface area (Å²) in [4.78, 5) is 13.2. The van der Waals surface area contributed by atoms with Crippen molar-refractivity contribution in [3.8, 4) is 5.75 Å². The Balaban J connectivity index is 1.66. The average Bonchev–Trinajstić information content (AvgIpc) is 2.89. The first-order valence-corrected chi connectivity index (χ1v) is 11.6. The van der Waals surface area contributed by atoms with E-state index >= 15 is 0 Å². The maximum absolute atomic E-state index is 13.2. The summed E-state index contributed by atoms with van der Waals surface area (Å²) >= 11 is 12.6. The van der Waals surface area contributed by atoms with Crippen LogP contribution < -0.4 is 10.3 Å². The molecule has 1 saturated carbocycles. The maximum Gasteiger partial charge on any atom is 0.268 e. The van der Waals surface area contributed by atoms with Crippen LogP contribution >= 0.6 is 23.2 Å². The van der Waals surface area contributed by atoms with E-state index in [1.54, 1.807) is 29.3 Å². The summed E-state index contributed by atoms with van der Waals surface area (Å²) in [7, 11) is 0. The highest BCUT2D eigenvalue weighted by atomic mass is 35.5. The van der Waals surface area contributed by atoms with E-state index < -0.39 is 0 Å². The molecule has 5 nitrogen and oxygen atoms in total. The van der Waals surface area contributed by atoms with Crippen LogP contribution in [-0.2, 0) is 4.79 Å². The van der Waals surface area contributed by atoms with E-state index in [9.17, 15) is 9.90 Å². The van der Waals surface area contributed by atoms with Gasteiger partial charge in [0, 0.05) is 17.0 Å². The fourth-order valence-electron chi connectivity index (χ4n) is 4.54. The number of hydrazone groups is 1. The molecule has 1 fully saturated rings. The van der Waals surface area contributed by atoms with Crippen molar-refractivity contribution in [1.29, 1.82) is 0 Å². The predicted molar refractivity (Wildman–Crippen MR) is 126 cm³/mol. The first-order valence-electron chi connectivity index (χ1n) is 10.9. The third-order valence-corrected chi connectivity index (χ3v) is 6.74. The van der Waals surface area contributed by atoms with Gasteiger partial charge in [0.15, 0.2) is 0 Å². The Hall–Kier alpha value is -2.24. The van der Waals surface area contributed by atoms with Crippen LogP contribution in [0.2, 0.25) is 10.0 Å². The molecule has 0 aromatic heterocycles. The summed E-state index contributed by atoms with van der Waals surface area (Å²) in [6, 6.07) is 12.2. The minimum atomic E-state index is -0.228. The van der Waals surface area contributed by atoms with Crippen molar-refractivity contribution in [1.82, 2.24) is 5.32 Å².